The minimum absolute atomic E-state index is 0.747. The van der Waals surface area contributed by atoms with Crippen molar-refractivity contribution in [1.82, 2.24) is 15.1 Å². The van der Waals surface area contributed by atoms with Crippen molar-refractivity contribution in [3.05, 3.63) is 45.1 Å². The molecule has 0 aliphatic carbocycles. The maximum absolute atomic E-state index is 6.15. The number of hydrogen-bond acceptors (Lipinski definition) is 2. The summed E-state index contributed by atoms with van der Waals surface area (Å²) < 4.78 is 2.82. The summed E-state index contributed by atoms with van der Waals surface area (Å²) in [6, 6.07) is 5.93. The van der Waals surface area contributed by atoms with Crippen molar-refractivity contribution >= 4 is 27.5 Å². The molecule has 1 aromatic heterocycles. The first-order valence-electron chi connectivity index (χ1n) is 5.83. The Labute approximate surface area is 120 Å². The van der Waals surface area contributed by atoms with Crippen molar-refractivity contribution in [2.45, 2.75) is 20.4 Å². The van der Waals surface area contributed by atoms with Gasteiger partial charge in [-0.25, -0.2) is 4.68 Å². The summed E-state index contributed by atoms with van der Waals surface area (Å²) in [5.41, 5.74) is 3.01. The van der Waals surface area contributed by atoms with Crippen LogP contribution in [0, 0.1) is 6.92 Å². The molecular formula is C13H15BrClN3. The second-order valence-corrected chi connectivity index (χ2v) is 5.35. The molecule has 5 heteroatoms. The summed E-state index contributed by atoms with van der Waals surface area (Å²) in [6.45, 7) is 5.78. The fourth-order valence-corrected chi connectivity index (χ4v) is 2.45. The molecule has 1 aromatic carbocycles. The molecule has 2 rings (SSSR count). The lowest BCUT2D eigenvalue weighted by Crippen LogP contribution is -2.12. The molecule has 3 nitrogen and oxygen atoms in total. The molecule has 96 valence electrons. The van der Waals surface area contributed by atoms with E-state index in [2.05, 4.69) is 33.3 Å². The highest BCUT2D eigenvalue weighted by atomic mass is 79.9. The molecule has 0 spiro atoms. The van der Waals surface area contributed by atoms with Gasteiger partial charge in [-0.05, 0) is 53.2 Å². The van der Waals surface area contributed by atoms with Crippen LogP contribution in [0.5, 0.6) is 0 Å². The van der Waals surface area contributed by atoms with Crippen LogP contribution in [0.3, 0.4) is 0 Å². The SMILES string of the molecule is CCNCc1ccn(-c2cc(Cl)c(C)cc2Br)n1. The van der Waals surface area contributed by atoms with Gasteiger partial charge in [-0.1, -0.05) is 18.5 Å². The van der Waals surface area contributed by atoms with E-state index in [1.165, 1.54) is 0 Å². The third-order valence-corrected chi connectivity index (χ3v) is 3.72. The Morgan fingerprint density at radius 2 is 2.22 bits per heavy atom. The molecule has 0 bridgehead atoms. The average molecular weight is 329 g/mol. The van der Waals surface area contributed by atoms with Gasteiger partial charge in [0.2, 0.25) is 0 Å². The topological polar surface area (TPSA) is 29.9 Å². The molecule has 0 radical (unpaired) electrons. The maximum Gasteiger partial charge on any atom is 0.0802 e. The predicted octanol–water partition coefficient (Wildman–Crippen LogP) is 3.71. The van der Waals surface area contributed by atoms with Crippen molar-refractivity contribution in [2.75, 3.05) is 6.54 Å². The van der Waals surface area contributed by atoms with Gasteiger partial charge in [0.05, 0.1) is 11.4 Å². The molecule has 0 amide bonds. The first-order chi connectivity index (χ1) is 8.61. The zero-order chi connectivity index (χ0) is 13.1. The summed E-state index contributed by atoms with van der Waals surface area (Å²) in [4.78, 5) is 0. The number of rotatable bonds is 4. The van der Waals surface area contributed by atoms with Crippen LogP contribution in [-0.2, 0) is 6.54 Å². The summed E-state index contributed by atoms with van der Waals surface area (Å²) in [5, 5.41) is 8.51. The zero-order valence-electron chi connectivity index (χ0n) is 10.4. The van der Waals surface area contributed by atoms with Gasteiger partial charge < -0.3 is 5.32 Å². The number of aromatic nitrogens is 2. The standard InChI is InChI=1S/C13H15BrClN3/c1-3-16-8-10-4-5-18(17-10)13-7-12(15)9(2)6-11(13)14/h4-7,16H,3,8H2,1-2H3. The highest BCUT2D eigenvalue weighted by Crippen LogP contribution is 2.27. The van der Waals surface area contributed by atoms with Gasteiger partial charge in [0, 0.05) is 22.2 Å². The third kappa shape index (κ3) is 2.94. The van der Waals surface area contributed by atoms with Crippen LogP contribution in [0.4, 0.5) is 0 Å². The second kappa shape index (κ2) is 5.87. The number of hydrogen-bond donors (Lipinski definition) is 1. The Bertz CT molecular complexity index is 551. The van der Waals surface area contributed by atoms with E-state index < -0.39 is 0 Å². The number of nitrogens with one attached hydrogen (secondary N) is 1. The minimum atomic E-state index is 0.747. The summed E-state index contributed by atoms with van der Waals surface area (Å²) in [7, 11) is 0. The maximum atomic E-state index is 6.15. The predicted molar refractivity (Wildman–Crippen MR) is 78.4 cm³/mol. The molecule has 0 atom stereocenters. The third-order valence-electron chi connectivity index (χ3n) is 2.68. The van der Waals surface area contributed by atoms with Crippen molar-refractivity contribution in [2.24, 2.45) is 0 Å². The Hall–Kier alpha value is -0.840. The van der Waals surface area contributed by atoms with Gasteiger partial charge in [-0.2, -0.15) is 5.10 Å². The van der Waals surface area contributed by atoms with E-state index in [9.17, 15) is 0 Å². The number of benzene rings is 1. The lowest BCUT2D eigenvalue weighted by atomic mass is 10.2. The van der Waals surface area contributed by atoms with E-state index in [0.29, 0.717) is 0 Å². The van der Waals surface area contributed by atoms with Crippen LogP contribution in [0.25, 0.3) is 5.69 Å². The number of nitrogens with zero attached hydrogens (tertiary/aromatic N) is 2. The molecule has 0 aliphatic heterocycles. The Balaban J connectivity index is 2.31. The van der Waals surface area contributed by atoms with Gasteiger partial charge in [-0.15, -0.1) is 0 Å². The normalized spacial score (nSPS) is 10.9. The lowest BCUT2D eigenvalue weighted by Gasteiger charge is -2.07. The molecule has 2 aromatic rings. The van der Waals surface area contributed by atoms with Gasteiger partial charge in [0.15, 0.2) is 0 Å². The van der Waals surface area contributed by atoms with Crippen molar-refractivity contribution in [3.63, 3.8) is 0 Å². The first kappa shape index (κ1) is 13.6. The Morgan fingerprint density at radius 1 is 1.44 bits per heavy atom. The fourth-order valence-electron chi connectivity index (χ4n) is 1.65. The molecule has 18 heavy (non-hydrogen) atoms. The second-order valence-electron chi connectivity index (χ2n) is 4.08. The minimum Gasteiger partial charge on any atom is -0.311 e. The van der Waals surface area contributed by atoms with Gasteiger partial charge >= 0.3 is 0 Å². The molecule has 0 saturated heterocycles. The quantitative estimate of drug-likeness (QED) is 0.927. The van der Waals surface area contributed by atoms with E-state index in [1.54, 1.807) is 0 Å². The van der Waals surface area contributed by atoms with E-state index in [-0.39, 0.29) is 0 Å². The van der Waals surface area contributed by atoms with Crippen LogP contribution < -0.4 is 5.32 Å². The Kier molecular flexibility index (Phi) is 4.43. The number of halogens is 2. The van der Waals surface area contributed by atoms with Gasteiger partial charge in [-0.3, -0.25) is 0 Å². The van der Waals surface area contributed by atoms with Crippen LogP contribution >= 0.6 is 27.5 Å². The van der Waals surface area contributed by atoms with Gasteiger partial charge in [0.25, 0.3) is 0 Å². The van der Waals surface area contributed by atoms with Crippen molar-refractivity contribution < 1.29 is 0 Å². The molecule has 0 unspecified atom stereocenters. The molecular weight excluding hydrogens is 314 g/mol. The Morgan fingerprint density at radius 3 is 2.94 bits per heavy atom. The van der Waals surface area contributed by atoms with Crippen LogP contribution in [-0.4, -0.2) is 16.3 Å². The van der Waals surface area contributed by atoms with Crippen molar-refractivity contribution in [3.8, 4) is 5.69 Å². The highest BCUT2D eigenvalue weighted by Gasteiger charge is 2.08. The lowest BCUT2D eigenvalue weighted by molar-refractivity contribution is 0.696. The van der Waals surface area contributed by atoms with Gasteiger partial charge in [0.1, 0.15) is 0 Å². The van der Waals surface area contributed by atoms with E-state index in [0.717, 1.165) is 39.5 Å². The van der Waals surface area contributed by atoms with E-state index in [1.807, 2.05) is 36.0 Å². The van der Waals surface area contributed by atoms with E-state index in [4.69, 9.17) is 11.6 Å². The van der Waals surface area contributed by atoms with Crippen LogP contribution in [0.2, 0.25) is 5.02 Å². The molecule has 0 saturated carbocycles. The zero-order valence-corrected chi connectivity index (χ0v) is 12.7. The summed E-state index contributed by atoms with van der Waals surface area (Å²) in [5.74, 6) is 0. The van der Waals surface area contributed by atoms with Crippen molar-refractivity contribution in [1.29, 1.82) is 0 Å². The molecule has 0 fully saturated rings. The number of aryl methyl sites for hydroxylation is 1. The van der Waals surface area contributed by atoms with Crippen LogP contribution in [0.15, 0.2) is 28.9 Å². The summed E-state index contributed by atoms with van der Waals surface area (Å²) in [6.07, 6.45) is 1.94. The molecule has 1 N–H and O–H groups in total. The van der Waals surface area contributed by atoms with Crippen LogP contribution in [0.1, 0.15) is 18.2 Å². The average Bonchev–Trinajstić information content (AvgIpc) is 2.79. The molecule has 1 heterocycles. The highest BCUT2D eigenvalue weighted by molar-refractivity contribution is 9.10. The monoisotopic (exact) mass is 327 g/mol. The summed E-state index contributed by atoms with van der Waals surface area (Å²) >= 11 is 9.70. The fraction of sp³-hybridized carbons (Fsp3) is 0.308. The van der Waals surface area contributed by atoms with E-state index >= 15 is 0 Å². The first-order valence-corrected chi connectivity index (χ1v) is 7.00. The smallest absolute Gasteiger partial charge is 0.0802 e. The largest absolute Gasteiger partial charge is 0.311 e. The molecule has 0 aliphatic rings.